The van der Waals surface area contributed by atoms with E-state index in [1.165, 1.54) is 38.6 Å². The second-order valence-corrected chi connectivity index (χ2v) is 9.98. The largest absolute Gasteiger partial charge is 0.338 e. The van der Waals surface area contributed by atoms with Gasteiger partial charge in [0, 0.05) is 34.8 Å². The number of fused-ring (bicyclic) bond motifs is 2. The van der Waals surface area contributed by atoms with Crippen LogP contribution in [0.3, 0.4) is 0 Å². The van der Waals surface area contributed by atoms with Gasteiger partial charge in [0.25, 0.3) is 0 Å². The van der Waals surface area contributed by atoms with Crippen molar-refractivity contribution in [3.05, 3.63) is 95.6 Å². The summed E-state index contributed by atoms with van der Waals surface area (Å²) >= 11 is 1.90. The van der Waals surface area contributed by atoms with Gasteiger partial charge in [-0.05, 0) is 55.5 Å². The Morgan fingerprint density at radius 3 is 2.64 bits per heavy atom. The lowest BCUT2D eigenvalue weighted by Gasteiger charge is -2.32. The summed E-state index contributed by atoms with van der Waals surface area (Å²) in [4.78, 5) is 12.5. The third-order valence-corrected chi connectivity index (χ3v) is 8.25. The number of aliphatic imine (C=N–C) groups is 1. The molecule has 1 saturated heterocycles. The second-order valence-electron chi connectivity index (χ2n) is 9.00. The Morgan fingerprint density at radius 2 is 1.82 bits per heavy atom. The molecule has 4 heterocycles. The number of aromatic nitrogens is 2. The number of hydrogen-bond acceptors (Lipinski definition) is 4. The van der Waals surface area contributed by atoms with E-state index in [9.17, 15) is 0 Å². The highest BCUT2D eigenvalue weighted by Gasteiger charge is 2.46. The number of aryl methyl sites for hydroxylation is 1. The van der Waals surface area contributed by atoms with Gasteiger partial charge in [-0.25, -0.2) is 0 Å². The number of nitrogens with zero attached hydrogens (tertiary/aromatic N) is 4. The lowest BCUT2D eigenvalue weighted by atomic mass is 9.95. The highest BCUT2D eigenvalue weighted by atomic mass is 32.2. The monoisotopic (exact) mass is 452 g/mol. The Morgan fingerprint density at radius 1 is 1.00 bits per heavy atom. The van der Waals surface area contributed by atoms with Crippen molar-refractivity contribution in [3.8, 4) is 5.69 Å². The van der Waals surface area contributed by atoms with E-state index in [1.807, 2.05) is 24.0 Å². The average molecular weight is 453 g/mol. The molecule has 33 heavy (non-hydrogen) atoms. The van der Waals surface area contributed by atoms with E-state index in [-0.39, 0.29) is 12.1 Å². The molecule has 0 saturated carbocycles. The van der Waals surface area contributed by atoms with Crippen molar-refractivity contribution in [3.63, 3.8) is 0 Å². The Balaban J connectivity index is 1.52. The SMILES string of the molecule is CC[C@@H]1CSC2=N[C@H](c3ccccn3)[C@H](c3cc(C)n(-c4cccc5ccccc45)c3C)N21. The maximum atomic E-state index is 5.21. The van der Waals surface area contributed by atoms with Crippen LogP contribution in [0.2, 0.25) is 0 Å². The van der Waals surface area contributed by atoms with Crippen molar-refractivity contribution in [1.82, 2.24) is 14.5 Å². The first-order chi connectivity index (χ1) is 16.2. The predicted molar refractivity (Wildman–Crippen MR) is 138 cm³/mol. The molecule has 2 aromatic carbocycles. The second kappa shape index (κ2) is 8.07. The van der Waals surface area contributed by atoms with E-state index >= 15 is 0 Å². The van der Waals surface area contributed by atoms with Gasteiger partial charge in [0.15, 0.2) is 5.17 Å². The Labute approximate surface area is 199 Å². The fourth-order valence-corrected chi connectivity index (χ4v) is 6.89. The van der Waals surface area contributed by atoms with E-state index in [0.717, 1.165) is 17.9 Å². The van der Waals surface area contributed by atoms with Gasteiger partial charge in [-0.1, -0.05) is 61.2 Å². The van der Waals surface area contributed by atoms with E-state index in [1.54, 1.807) is 0 Å². The summed E-state index contributed by atoms with van der Waals surface area (Å²) in [6, 6.07) is 24.5. The molecular formula is C28H28N4S. The summed E-state index contributed by atoms with van der Waals surface area (Å²) < 4.78 is 2.43. The van der Waals surface area contributed by atoms with E-state index < -0.39 is 0 Å². The van der Waals surface area contributed by atoms with Crippen LogP contribution in [0.25, 0.3) is 16.5 Å². The first kappa shape index (κ1) is 20.5. The molecule has 0 bridgehead atoms. The highest BCUT2D eigenvalue weighted by molar-refractivity contribution is 8.14. The maximum Gasteiger partial charge on any atom is 0.160 e. The molecule has 0 amide bonds. The van der Waals surface area contributed by atoms with E-state index in [2.05, 4.69) is 90.9 Å². The van der Waals surface area contributed by atoms with Crippen LogP contribution in [0.5, 0.6) is 0 Å². The van der Waals surface area contributed by atoms with Crippen LogP contribution in [0, 0.1) is 13.8 Å². The first-order valence-corrected chi connectivity index (χ1v) is 12.7. The van der Waals surface area contributed by atoms with E-state index in [4.69, 9.17) is 9.98 Å². The van der Waals surface area contributed by atoms with Crippen LogP contribution in [-0.2, 0) is 0 Å². The minimum atomic E-state index is 0.0181. The van der Waals surface area contributed by atoms with Gasteiger partial charge in [-0.15, -0.1) is 0 Å². The van der Waals surface area contributed by atoms with Crippen molar-refractivity contribution >= 4 is 27.7 Å². The molecule has 4 aromatic rings. The number of rotatable bonds is 4. The maximum absolute atomic E-state index is 5.21. The standard InChI is InChI=1S/C28H28N4S/c1-4-21-17-33-28-30-26(24-13-7-8-15-29-24)27(32(21)28)23-16-18(2)31(19(23)3)25-14-9-11-20-10-5-6-12-22(20)25/h5-16,21,26-27H,4,17H2,1-3H3/t21-,26-,27+/m1/s1. The molecule has 1 fully saturated rings. The number of pyridine rings is 1. The minimum Gasteiger partial charge on any atom is -0.338 e. The van der Waals surface area contributed by atoms with Crippen molar-refractivity contribution in [2.75, 3.05) is 5.75 Å². The fraction of sp³-hybridized carbons (Fsp3) is 0.286. The number of amidine groups is 1. The summed E-state index contributed by atoms with van der Waals surface area (Å²) in [6.45, 7) is 6.78. The van der Waals surface area contributed by atoms with Crippen molar-refractivity contribution in [2.24, 2.45) is 4.99 Å². The number of hydrogen-bond donors (Lipinski definition) is 0. The zero-order valence-corrected chi connectivity index (χ0v) is 20.1. The summed E-state index contributed by atoms with van der Waals surface area (Å²) in [5, 5.41) is 3.72. The molecule has 166 valence electrons. The smallest absolute Gasteiger partial charge is 0.160 e. The average Bonchev–Trinajstić information content (AvgIpc) is 3.50. The lowest BCUT2D eigenvalue weighted by molar-refractivity contribution is 0.254. The molecule has 0 unspecified atom stereocenters. The summed E-state index contributed by atoms with van der Waals surface area (Å²) in [7, 11) is 0. The summed E-state index contributed by atoms with van der Waals surface area (Å²) in [6.07, 6.45) is 3.01. The quantitative estimate of drug-likeness (QED) is 0.349. The molecular weight excluding hydrogens is 424 g/mol. The van der Waals surface area contributed by atoms with Gasteiger partial charge in [-0.3, -0.25) is 9.98 Å². The van der Waals surface area contributed by atoms with Crippen molar-refractivity contribution in [2.45, 2.75) is 45.3 Å². The lowest BCUT2D eigenvalue weighted by Crippen LogP contribution is -2.35. The molecule has 5 heteroatoms. The van der Waals surface area contributed by atoms with Crippen LogP contribution < -0.4 is 0 Å². The Kier molecular flexibility index (Phi) is 5.02. The molecule has 3 atom stereocenters. The fourth-order valence-electron chi connectivity index (χ4n) is 5.55. The van der Waals surface area contributed by atoms with Crippen molar-refractivity contribution < 1.29 is 0 Å². The molecule has 2 aliphatic rings. The van der Waals surface area contributed by atoms with Gasteiger partial charge in [0.05, 0.1) is 17.4 Å². The van der Waals surface area contributed by atoms with Crippen molar-refractivity contribution in [1.29, 1.82) is 0 Å². The minimum absolute atomic E-state index is 0.0181. The Bertz CT molecular complexity index is 1350. The van der Waals surface area contributed by atoms with Crippen LogP contribution in [0.1, 0.15) is 48.1 Å². The van der Waals surface area contributed by atoms with Gasteiger partial charge < -0.3 is 9.47 Å². The Hall–Kier alpha value is -3.05. The first-order valence-electron chi connectivity index (χ1n) is 11.7. The molecule has 2 aromatic heterocycles. The third kappa shape index (κ3) is 3.21. The number of benzene rings is 2. The zero-order chi connectivity index (χ0) is 22.5. The van der Waals surface area contributed by atoms with Crippen LogP contribution >= 0.6 is 11.8 Å². The molecule has 4 nitrogen and oxygen atoms in total. The summed E-state index contributed by atoms with van der Waals surface area (Å²) in [5.74, 6) is 1.11. The number of thioether (sulfide) groups is 1. The van der Waals surface area contributed by atoms with E-state index in [0.29, 0.717) is 6.04 Å². The normalized spacial score (nSPS) is 22.1. The van der Waals surface area contributed by atoms with Crippen LogP contribution in [0.15, 0.2) is 77.9 Å². The highest BCUT2D eigenvalue weighted by Crippen LogP contribution is 2.50. The molecule has 0 N–H and O–H groups in total. The van der Waals surface area contributed by atoms with Gasteiger partial charge in [-0.2, -0.15) is 0 Å². The third-order valence-electron chi connectivity index (χ3n) is 7.13. The van der Waals surface area contributed by atoms with Crippen LogP contribution in [0.4, 0.5) is 0 Å². The molecule has 0 spiro atoms. The predicted octanol–water partition coefficient (Wildman–Crippen LogP) is 6.62. The van der Waals surface area contributed by atoms with Crippen LogP contribution in [-0.4, -0.2) is 31.4 Å². The summed E-state index contributed by atoms with van der Waals surface area (Å²) in [5.41, 5.74) is 6.20. The molecule has 2 aliphatic heterocycles. The van der Waals surface area contributed by atoms with Gasteiger partial charge in [0.1, 0.15) is 6.04 Å². The zero-order valence-electron chi connectivity index (χ0n) is 19.3. The molecule has 0 radical (unpaired) electrons. The molecule has 0 aliphatic carbocycles. The van der Waals surface area contributed by atoms with Gasteiger partial charge in [0.2, 0.25) is 0 Å². The van der Waals surface area contributed by atoms with Gasteiger partial charge >= 0.3 is 0 Å². The molecule has 6 rings (SSSR count). The topological polar surface area (TPSA) is 33.4 Å².